The summed E-state index contributed by atoms with van der Waals surface area (Å²) in [5.41, 5.74) is 6.39. The minimum absolute atomic E-state index is 0.320. The maximum Gasteiger partial charge on any atom is 0.340 e. The Morgan fingerprint density at radius 2 is 1.48 bits per heavy atom. The van der Waals surface area contributed by atoms with Crippen LogP contribution in [0.3, 0.4) is 0 Å². The van der Waals surface area contributed by atoms with Crippen LogP contribution in [-0.4, -0.2) is 19.1 Å². The molecule has 5 heteroatoms. The smallest absolute Gasteiger partial charge is 0.340 e. The highest BCUT2D eigenvalue weighted by atomic mass is 16.6. The van der Waals surface area contributed by atoms with Crippen LogP contribution in [0.1, 0.15) is 72.1 Å². The summed E-state index contributed by atoms with van der Waals surface area (Å²) in [5, 5.41) is 3.67. The van der Waals surface area contributed by atoms with Gasteiger partial charge in [0.1, 0.15) is 11.5 Å². The molecule has 0 aliphatic carbocycles. The highest BCUT2D eigenvalue weighted by Crippen LogP contribution is 2.56. The topological polar surface area (TPSA) is 50.8 Å². The fourth-order valence-corrected chi connectivity index (χ4v) is 5.86. The van der Waals surface area contributed by atoms with Crippen LogP contribution < -0.4 is 15.0 Å². The van der Waals surface area contributed by atoms with Crippen LogP contribution in [0.15, 0.2) is 84.9 Å². The van der Waals surface area contributed by atoms with Crippen LogP contribution in [0, 0.1) is 6.92 Å². The molecule has 2 heterocycles. The Kier molecular flexibility index (Phi) is 6.97. The third-order valence-corrected chi connectivity index (χ3v) is 8.05. The monoisotopic (exact) mass is 532 g/mol. The molecule has 0 fully saturated rings. The molecule has 0 amide bonds. The summed E-state index contributed by atoms with van der Waals surface area (Å²) in [4.78, 5) is 15.6. The van der Waals surface area contributed by atoms with E-state index in [-0.39, 0.29) is 5.97 Å². The number of unbranched alkanes of at least 4 members (excludes halogenated alkanes) is 2. The summed E-state index contributed by atoms with van der Waals surface area (Å²) in [6.07, 6.45) is 4.70. The first-order chi connectivity index (χ1) is 19.5. The van der Waals surface area contributed by atoms with Crippen LogP contribution in [0.25, 0.3) is 0 Å². The van der Waals surface area contributed by atoms with Crippen LogP contribution in [0.4, 0.5) is 17.1 Å². The lowest BCUT2D eigenvalue weighted by atomic mass is 9.77. The van der Waals surface area contributed by atoms with Gasteiger partial charge in [-0.15, -0.1) is 0 Å². The highest BCUT2D eigenvalue weighted by molar-refractivity contribution is 5.97. The van der Waals surface area contributed by atoms with Gasteiger partial charge in [-0.3, -0.25) is 0 Å². The highest BCUT2D eigenvalue weighted by Gasteiger charge is 2.53. The summed E-state index contributed by atoms with van der Waals surface area (Å²) < 4.78 is 12.7. The molecule has 2 aliphatic heterocycles. The molecule has 0 saturated carbocycles. The number of para-hydroxylation sites is 1. The van der Waals surface area contributed by atoms with Crippen molar-refractivity contribution in [2.24, 2.45) is 0 Å². The standard InChI is InChI=1S/C35H36N2O3/c1-4-6-20-37(21-7-5-2)26-18-16-24(3)31(23-26)36-25-17-19-33-30(22-25)35(29-14-10-11-15-32(29)39-33)28-13-9-8-12-27(28)34(38)40-35/h8-19,22-23,36H,4-7,20-21H2,1-3H3. The Balaban J connectivity index is 1.41. The van der Waals surface area contributed by atoms with Gasteiger partial charge in [-0.1, -0.05) is 69.2 Å². The summed E-state index contributed by atoms with van der Waals surface area (Å²) >= 11 is 0. The van der Waals surface area contributed by atoms with Gasteiger partial charge in [0.05, 0.1) is 5.56 Å². The van der Waals surface area contributed by atoms with E-state index in [1.54, 1.807) is 0 Å². The first kappa shape index (κ1) is 26.0. The second-order valence-electron chi connectivity index (χ2n) is 10.7. The summed E-state index contributed by atoms with van der Waals surface area (Å²) in [5.74, 6) is 1.06. The molecule has 0 radical (unpaired) electrons. The second kappa shape index (κ2) is 10.7. The molecule has 1 spiro atoms. The SMILES string of the molecule is CCCCN(CCCC)c1ccc(C)c(Nc2ccc3c(c2)C2(OC(=O)c4ccccc42)c2ccccc2O3)c1. The molecule has 1 atom stereocenters. The number of rotatable bonds is 9. The zero-order valence-electron chi connectivity index (χ0n) is 23.5. The van der Waals surface area contributed by atoms with Gasteiger partial charge < -0.3 is 19.7 Å². The van der Waals surface area contributed by atoms with Crippen LogP contribution in [0.5, 0.6) is 11.5 Å². The molecular formula is C35H36N2O3. The largest absolute Gasteiger partial charge is 0.456 e. The average Bonchev–Trinajstić information content (AvgIpc) is 3.27. The number of anilines is 3. The third-order valence-electron chi connectivity index (χ3n) is 8.05. The van der Waals surface area contributed by atoms with Gasteiger partial charge in [0.15, 0.2) is 5.60 Å². The Morgan fingerprint density at radius 1 is 0.775 bits per heavy atom. The van der Waals surface area contributed by atoms with Crippen molar-refractivity contribution in [1.29, 1.82) is 0 Å². The fourth-order valence-electron chi connectivity index (χ4n) is 5.86. The van der Waals surface area contributed by atoms with Crippen molar-refractivity contribution in [3.8, 4) is 11.5 Å². The van der Waals surface area contributed by atoms with Crippen molar-refractivity contribution < 1.29 is 14.3 Å². The molecule has 40 heavy (non-hydrogen) atoms. The van der Waals surface area contributed by atoms with Gasteiger partial charge in [0, 0.05) is 46.8 Å². The predicted molar refractivity (Wildman–Crippen MR) is 161 cm³/mol. The number of hydrogen-bond donors (Lipinski definition) is 1. The van der Waals surface area contributed by atoms with E-state index in [2.05, 4.69) is 55.3 Å². The number of fused-ring (bicyclic) bond motifs is 6. The third kappa shape index (κ3) is 4.40. The maximum atomic E-state index is 13.1. The van der Waals surface area contributed by atoms with Gasteiger partial charge in [-0.25, -0.2) is 4.79 Å². The van der Waals surface area contributed by atoms with Crippen LogP contribution >= 0.6 is 0 Å². The van der Waals surface area contributed by atoms with Crippen molar-refractivity contribution >= 4 is 23.0 Å². The van der Waals surface area contributed by atoms with E-state index in [1.807, 2.05) is 60.7 Å². The van der Waals surface area contributed by atoms with Crippen molar-refractivity contribution in [1.82, 2.24) is 0 Å². The van der Waals surface area contributed by atoms with E-state index in [0.717, 1.165) is 41.2 Å². The van der Waals surface area contributed by atoms with E-state index in [9.17, 15) is 4.79 Å². The van der Waals surface area contributed by atoms with Gasteiger partial charge in [-0.05, 0) is 67.8 Å². The van der Waals surface area contributed by atoms with E-state index in [0.29, 0.717) is 17.1 Å². The summed E-state index contributed by atoms with van der Waals surface area (Å²) in [6, 6.07) is 28.2. The van der Waals surface area contributed by atoms with Crippen molar-refractivity contribution in [3.05, 3.63) is 113 Å². The lowest BCUT2D eigenvalue weighted by Crippen LogP contribution is -2.33. The number of hydrogen-bond acceptors (Lipinski definition) is 5. The number of esters is 1. The number of carbonyl (C=O) groups excluding carboxylic acids is 1. The zero-order valence-corrected chi connectivity index (χ0v) is 23.5. The zero-order chi connectivity index (χ0) is 27.7. The van der Waals surface area contributed by atoms with Crippen molar-refractivity contribution in [2.75, 3.05) is 23.3 Å². The van der Waals surface area contributed by atoms with Gasteiger partial charge in [0.2, 0.25) is 0 Å². The molecule has 0 aromatic heterocycles. The van der Waals surface area contributed by atoms with E-state index in [4.69, 9.17) is 9.47 Å². The molecule has 4 aromatic rings. The lowest BCUT2D eigenvalue weighted by molar-refractivity contribution is 0.0224. The van der Waals surface area contributed by atoms with E-state index >= 15 is 0 Å². The van der Waals surface area contributed by atoms with Crippen molar-refractivity contribution in [2.45, 2.75) is 52.1 Å². The molecule has 0 saturated heterocycles. The van der Waals surface area contributed by atoms with E-state index < -0.39 is 5.60 Å². The molecule has 1 N–H and O–H groups in total. The van der Waals surface area contributed by atoms with Crippen LogP contribution in [0.2, 0.25) is 0 Å². The predicted octanol–water partition coefficient (Wildman–Crippen LogP) is 8.71. The van der Waals surface area contributed by atoms with E-state index in [1.165, 1.54) is 36.9 Å². The molecule has 204 valence electrons. The Bertz CT molecular complexity index is 1550. The molecule has 5 nitrogen and oxygen atoms in total. The maximum absolute atomic E-state index is 13.1. The van der Waals surface area contributed by atoms with Gasteiger partial charge in [0.25, 0.3) is 0 Å². The van der Waals surface area contributed by atoms with Crippen LogP contribution in [-0.2, 0) is 10.3 Å². The van der Waals surface area contributed by atoms with Crippen molar-refractivity contribution in [3.63, 3.8) is 0 Å². The first-order valence-corrected chi connectivity index (χ1v) is 14.4. The minimum atomic E-state index is -1.07. The molecule has 4 aromatic carbocycles. The number of carbonyl (C=O) groups is 1. The Morgan fingerprint density at radius 3 is 2.25 bits per heavy atom. The Hall–Kier alpha value is -4.25. The number of nitrogens with one attached hydrogen (secondary N) is 1. The normalized spacial score (nSPS) is 16.5. The number of aryl methyl sites for hydroxylation is 1. The lowest BCUT2D eigenvalue weighted by Gasteiger charge is -2.36. The first-order valence-electron chi connectivity index (χ1n) is 14.4. The molecule has 1 unspecified atom stereocenters. The Labute approximate surface area is 236 Å². The number of nitrogens with zero attached hydrogens (tertiary/aromatic N) is 1. The fraction of sp³-hybridized carbons (Fsp3) is 0.286. The second-order valence-corrected chi connectivity index (χ2v) is 10.7. The number of benzene rings is 4. The summed E-state index contributed by atoms with van der Waals surface area (Å²) in [7, 11) is 0. The quantitative estimate of drug-likeness (QED) is 0.219. The average molecular weight is 533 g/mol. The number of ether oxygens (including phenoxy) is 2. The molecular weight excluding hydrogens is 496 g/mol. The summed E-state index contributed by atoms with van der Waals surface area (Å²) in [6.45, 7) is 8.73. The molecule has 6 rings (SSSR count). The van der Waals surface area contributed by atoms with Gasteiger partial charge >= 0.3 is 5.97 Å². The molecule has 2 aliphatic rings. The van der Waals surface area contributed by atoms with Gasteiger partial charge in [-0.2, -0.15) is 0 Å². The molecule has 0 bridgehead atoms. The minimum Gasteiger partial charge on any atom is -0.456 e.